The van der Waals surface area contributed by atoms with Crippen molar-refractivity contribution in [2.75, 3.05) is 6.54 Å². The predicted molar refractivity (Wildman–Crippen MR) is 52.4 cm³/mol. The Hall–Kier alpha value is -0.930. The monoisotopic (exact) mass is 180 g/mol. The van der Waals surface area contributed by atoms with Gasteiger partial charge in [0.05, 0.1) is 6.10 Å². The van der Waals surface area contributed by atoms with Crippen molar-refractivity contribution in [3.05, 3.63) is 29.6 Å². The van der Waals surface area contributed by atoms with E-state index in [-0.39, 0.29) is 6.10 Å². The molecule has 2 N–H and O–H groups in total. The van der Waals surface area contributed by atoms with Crippen molar-refractivity contribution in [3.63, 3.8) is 0 Å². The molecule has 0 saturated heterocycles. The third-order valence-electron chi connectivity index (χ3n) is 1.74. The second-order valence-corrected chi connectivity index (χ2v) is 3.29. The Bertz CT molecular complexity index is 244. The van der Waals surface area contributed by atoms with E-state index in [1.165, 1.54) is 0 Å². The number of hydrogen-bond acceptors (Lipinski definition) is 3. The van der Waals surface area contributed by atoms with Crippen LogP contribution in [0.5, 0.6) is 0 Å². The Morgan fingerprint density at radius 3 is 2.85 bits per heavy atom. The fraction of sp³-hybridized carbons (Fsp3) is 0.500. The maximum absolute atomic E-state index is 9.00. The number of aryl methyl sites for hydroxylation is 1. The van der Waals surface area contributed by atoms with Gasteiger partial charge in [-0.3, -0.25) is 4.98 Å². The average molecular weight is 180 g/mol. The van der Waals surface area contributed by atoms with Crippen LogP contribution in [0.2, 0.25) is 0 Å². The van der Waals surface area contributed by atoms with Crippen molar-refractivity contribution in [2.24, 2.45) is 0 Å². The summed E-state index contributed by atoms with van der Waals surface area (Å²) in [6.07, 6.45) is 1.56. The topological polar surface area (TPSA) is 45.1 Å². The van der Waals surface area contributed by atoms with Crippen molar-refractivity contribution in [1.82, 2.24) is 10.3 Å². The molecule has 3 heteroatoms. The highest BCUT2D eigenvalue weighted by atomic mass is 16.3. The molecular formula is C10H16N2O. The molecule has 0 unspecified atom stereocenters. The number of aliphatic hydroxyl groups is 1. The summed E-state index contributed by atoms with van der Waals surface area (Å²) in [5, 5.41) is 12.1. The molecule has 1 aromatic heterocycles. The lowest BCUT2D eigenvalue weighted by atomic mass is 10.2. The number of rotatable bonds is 4. The molecule has 1 rings (SSSR count). The Morgan fingerprint density at radius 1 is 1.54 bits per heavy atom. The molecule has 0 aliphatic carbocycles. The summed E-state index contributed by atoms with van der Waals surface area (Å²) < 4.78 is 0. The van der Waals surface area contributed by atoms with Crippen LogP contribution < -0.4 is 5.32 Å². The van der Waals surface area contributed by atoms with Crippen LogP contribution in [0, 0.1) is 6.92 Å². The fourth-order valence-corrected chi connectivity index (χ4v) is 1.03. The molecule has 0 fully saturated rings. The van der Waals surface area contributed by atoms with Gasteiger partial charge in [-0.15, -0.1) is 0 Å². The maximum Gasteiger partial charge on any atom is 0.0636 e. The van der Waals surface area contributed by atoms with E-state index in [1.807, 2.05) is 25.3 Å². The van der Waals surface area contributed by atoms with Crippen LogP contribution in [0.25, 0.3) is 0 Å². The lowest BCUT2D eigenvalue weighted by Crippen LogP contribution is -2.23. The molecule has 0 radical (unpaired) electrons. The number of nitrogens with one attached hydrogen (secondary N) is 1. The van der Waals surface area contributed by atoms with E-state index in [9.17, 15) is 0 Å². The predicted octanol–water partition coefficient (Wildman–Crippen LogP) is 0.860. The van der Waals surface area contributed by atoms with Crippen LogP contribution in [0.1, 0.15) is 18.2 Å². The van der Waals surface area contributed by atoms with Gasteiger partial charge in [0, 0.05) is 25.0 Å². The average Bonchev–Trinajstić information content (AvgIpc) is 2.08. The molecule has 0 aliphatic heterocycles. The van der Waals surface area contributed by atoms with Crippen molar-refractivity contribution in [2.45, 2.75) is 26.5 Å². The summed E-state index contributed by atoms with van der Waals surface area (Å²) in [6.45, 7) is 5.11. The van der Waals surface area contributed by atoms with Crippen LogP contribution in [0.15, 0.2) is 18.3 Å². The largest absolute Gasteiger partial charge is 0.392 e. The van der Waals surface area contributed by atoms with E-state index in [4.69, 9.17) is 5.11 Å². The SMILES string of the molecule is Cc1ccc(CNC[C@@H](C)O)cn1. The number of hydrogen-bond donors (Lipinski definition) is 2. The quantitative estimate of drug-likeness (QED) is 0.722. The van der Waals surface area contributed by atoms with Gasteiger partial charge in [0.2, 0.25) is 0 Å². The van der Waals surface area contributed by atoms with Gasteiger partial charge in [-0.25, -0.2) is 0 Å². The van der Waals surface area contributed by atoms with Gasteiger partial charge in [0.1, 0.15) is 0 Å². The molecule has 0 bridgehead atoms. The van der Waals surface area contributed by atoms with E-state index in [0.717, 1.165) is 17.8 Å². The minimum absolute atomic E-state index is 0.293. The molecule has 0 aliphatic rings. The van der Waals surface area contributed by atoms with Crippen molar-refractivity contribution in [1.29, 1.82) is 0 Å². The summed E-state index contributed by atoms with van der Waals surface area (Å²) in [7, 11) is 0. The van der Waals surface area contributed by atoms with Crippen molar-refractivity contribution >= 4 is 0 Å². The van der Waals surface area contributed by atoms with Crippen LogP contribution in [0.4, 0.5) is 0 Å². The molecule has 0 amide bonds. The Kier molecular flexibility index (Phi) is 3.86. The highest BCUT2D eigenvalue weighted by Gasteiger charge is 1.95. The molecule has 0 spiro atoms. The zero-order chi connectivity index (χ0) is 9.68. The molecule has 1 atom stereocenters. The molecule has 1 heterocycles. The first kappa shape index (κ1) is 10.2. The van der Waals surface area contributed by atoms with E-state index < -0.39 is 0 Å². The van der Waals surface area contributed by atoms with Crippen LogP contribution in [-0.2, 0) is 6.54 Å². The van der Waals surface area contributed by atoms with Gasteiger partial charge in [-0.2, -0.15) is 0 Å². The lowest BCUT2D eigenvalue weighted by Gasteiger charge is -2.06. The first-order valence-corrected chi connectivity index (χ1v) is 4.49. The minimum atomic E-state index is -0.293. The van der Waals surface area contributed by atoms with Crippen LogP contribution in [0.3, 0.4) is 0 Å². The second kappa shape index (κ2) is 4.94. The van der Waals surface area contributed by atoms with E-state index in [2.05, 4.69) is 10.3 Å². The smallest absolute Gasteiger partial charge is 0.0636 e. The van der Waals surface area contributed by atoms with Crippen molar-refractivity contribution < 1.29 is 5.11 Å². The first-order chi connectivity index (χ1) is 6.18. The first-order valence-electron chi connectivity index (χ1n) is 4.49. The zero-order valence-corrected chi connectivity index (χ0v) is 8.12. The highest BCUT2D eigenvalue weighted by Crippen LogP contribution is 1.98. The fourth-order valence-electron chi connectivity index (χ4n) is 1.03. The van der Waals surface area contributed by atoms with Gasteiger partial charge in [-0.1, -0.05) is 6.07 Å². The minimum Gasteiger partial charge on any atom is -0.392 e. The molecule has 72 valence electrons. The van der Waals surface area contributed by atoms with E-state index in [1.54, 1.807) is 6.92 Å². The van der Waals surface area contributed by atoms with Gasteiger partial charge < -0.3 is 10.4 Å². The number of aromatic nitrogens is 1. The zero-order valence-electron chi connectivity index (χ0n) is 8.12. The Morgan fingerprint density at radius 2 is 2.31 bits per heavy atom. The Labute approximate surface area is 78.8 Å². The van der Waals surface area contributed by atoms with E-state index >= 15 is 0 Å². The Balaban J connectivity index is 2.33. The number of aliphatic hydroxyl groups excluding tert-OH is 1. The van der Waals surface area contributed by atoms with Crippen molar-refractivity contribution in [3.8, 4) is 0 Å². The molecular weight excluding hydrogens is 164 g/mol. The van der Waals surface area contributed by atoms with E-state index in [0.29, 0.717) is 6.54 Å². The second-order valence-electron chi connectivity index (χ2n) is 3.29. The third kappa shape index (κ3) is 4.01. The van der Waals surface area contributed by atoms with Gasteiger partial charge in [0.15, 0.2) is 0 Å². The normalized spacial score (nSPS) is 12.8. The summed E-state index contributed by atoms with van der Waals surface area (Å²) in [6, 6.07) is 4.02. The van der Waals surface area contributed by atoms with Gasteiger partial charge >= 0.3 is 0 Å². The van der Waals surface area contributed by atoms with Crippen LogP contribution >= 0.6 is 0 Å². The summed E-state index contributed by atoms with van der Waals surface area (Å²) in [4.78, 5) is 4.17. The number of nitrogens with zero attached hydrogens (tertiary/aromatic N) is 1. The highest BCUT2D eigenvalue weighted by molar-refractivity contribution is 5.12. The molecule has 1 aromatic rings. The molecule has 0 saturated carbocycles. The third-order valence-corrected chi connectivity index (χ3v) is 1.74. The molecule has 3 nitrogen and oxygen atoms in total. The molecule has 0 aromatic carbocycles. The van der Waals surface area contributed by atoms with Gasteiger partial charge in [0.25, 0.3) is 0 Å². The maximum atomic E-state index is 9.00. The lowest BCUT2D eigenvalue weighted by molar-refractivity contribution is 0.191. The number of pyridine rings is 1. The standard InChI is InChI=1S/C10H16N2O/c1-8-3-4-10(7-12-8)6-11-5-9(2)13/h3-4,7,9,11,13H,5-6H2,1-2H3/t9-/m1/s1. The summed E-state index contributed by atoms with van der Waals surface area (Å²) in [5.41, 5.74) is 2.17. The van der Waals surface area contributed by atoms with Gasteiger partial charge in [-0.05, 0) is 25.5 Å². The molecule has 13 heavy (non-hydrogen) atoms. The van der Waals surface area contributed by atoms with Crippen LogP contribution in [-0.4, -0.2) is 22.7 Å². The summed E-state index contributed by atoms with van der Waals surface area (Å²) in [5.74, 6) is 0. The summed E-state index contributed by atoms with van der Waals surface area (Å²) >= 11 is 0.